The van der Waals surface area contributed by atoms with E-state index >= 15 is 4.39 Å². The third kappa shape index (κ3) is 5.67. The van der Waals surface area contributed by atoms with Crippen LogP contribution in [0, 0.1) is 5.82 Å². The minimum atomic E-state index is -0.586. The van der Waals surface area contributed by atoms with Crippen molar-refractivity contribution in [2.45, 2.75) is 64.1 Å². The van der Waals surface area contributed by atoms with Crippen LogP contribution in [0.1, 0.15) is 68.4 Å². The molecule has 2 aromatic heterocycles. The number of nitrogens with zero attached hydrogens (tertiary/aromatic N) is 4. The van der Waals surface area contributed by atoms with E-state index < -0.39 is 5.60 Å². The first kappa shape index (κ1) is 27.7. The van der Waals surface area contributed by atoms with Crippen LogP contribution in [-0.2, 0) is 4.74 Å². The normalized spacial score (nSPS) is 20.2. The van der Waals surface area contributed by atoms with Crippen LogP contribution in [0.3, 0.4) is 0 Å². The van der Waals surface area contributed by atoms with Gasteiger partial charge in [-0.1, -0.05) is 17.4 Å². The number of halogens is 1. The van der Waals surface area contributed by atoms with E-state index in [0.717, 1.165) is 59.5 Å². The zero-order valence-electron chi connectivity index (χ0n) is 23.9. The molecule has 2 fully saturated rings. The summed E-state index contributed by atoms with van der Waals surface area (Å²) in [6.45, 7) is 8.05. The van der Waals surface area contributed by atoms with Gasteiger partial charge in [-0.25, -0.2) is 14.2 Å². The van der Waals surface area contributed by atoms with Gasteiger partial charge in [0.1, 0.15) is 11.4 Å². The van der Waals surface area contributed by atoms with Crippen LogP contribution >= 0.6 is 11.3 Å². The number of amides is 2. The number of fused-ring (bicyclic) bond motifs is 3. The average Bonchev–Trinajstić information content (AvgIpc) is 3.62. The number of piperidine rings is 1. The quantitative estimate of drug-likeness (QED) is 0.310. The van der Waals surface area contributed by atoms with Crippen molar-refractivity contribution in [3.05, 3.63) is 59.5 Å². The molecule has 1 N–H and O–H groups in total. The van der Waals surface area contributed by atoms with Crippen LogP contribution in [-0.4, -0.2) is 69.5 Å². The van der Waals surface area contributed by atoms with E-state index in [1.165, 1.54) is 17.4 Å². The number of hydrogen-bond donors (Lipinski definition) is 1. The van der Waals surface area contributed by atoms with Gasteiger partial charge in [0.25, 0.3) is 5.91 Å². The monoisotopic (exact) mass is 577 g/mol. The summed E-state index contributed by atoms with van der Waals surface area (Å²) in [7, 11) is 2.08. The van der Waals surface area contributed by atoms with Gasteiger partial charge in [0, 0.05) is 36.5 Å². The maximum Gasteiger partial charge on any atom is 0.410 e. The third-order valence-corrected chi connectivity index (χ3v) is 8.87. The van der Waals surface area contributed by atoms with Crippen molar-refractivity contribution in [2.24, 2.45) is 0 Å². The molecule has 4 aromatic rings. The smallest absolute Gasteiger partial charge is 0.410 e. The van der Waals surface area contributed by atoms with Gasteiger partial charge in [-0.15, -0.1) is 0 Å². The zero-order valence-corrected chi connectivity index (χ0v) is 24.8. The lowest BCUT2D eigenvalue weighted by Crippen LogP contribution is -2.46. The summed E-state index contributed by atoms with van der Waals surface area (Å²) < 4.78 is 23.9. The molecule has 2 aliphatic rings. The molecule has 2 saturated heterocycles. The van der Waals surface area contributed by atoms with Gasteiger partial charge in [-0.3, -0.25) is 9.20 Å². The average molecular weight is 578 g/mol. The first-order valence-corrected chi connectivity index (χ1v) is 15.1. The molecule has 8 nitrogen and oxygen atoms in total. The van der Waals surface area contributed by atoms with Crippen LogP contribution < -0.4 is 5.32 Å². The van der Waals surface area contributed by atoms with Gasteiger partial charge in [0.15, 0.2) is 4.96 Å². The summed E-state index contributed by atoms with van der Waals surface area (Å²) in [6.07, 6.45) is 5.16. The standard InChI is InChI=1S/C31H36FN5O3S/c1-31(2,3)40-30(39)36-14-6-8-25(36)19-9-11-22(23(32)15-19)24-18-37-26-12-10-20(16-27(26)41-29(37)34-24)28(38)33-21-7-5-13-35(4)17-21/h9-12,15-16,18,21,25H,5-8,13-14,17H2,1-4H3,(H,33,38)/t21-,25?/m0/s1. The Morgan fingerprint density at radius 2 is 1.90 bits per heavy atom. The number of aromatic nitrogens is 2. The molecule has 2 aliphatic heterocycles. The SMILES string of the molecule is CN1CCC[C@H](NC(=O)c2ccc3c(c2)sc2nc(-c4ccc(C5CCCN5C(=O)OC(C)(C)C)cc4F)cn23)C1. The van der Waals surface area contributed by atoms with Gasteiger partial charge in [0.05, 0.1) is 22.0 Å². The molecule has 6 rings (SSSR count). The molecule has 0 bridgehead atoms. The second-order valence-electron chi connectivity index (χ2n) is 12.2. The van der Waals surface area contributed by atoms with Crippen LogP contribution in [0.2, 0.25) is 0 Å². The predicted molar refractivity (Wildman–Crippen MR) is 159 cm³/mol. The van der Waals surface area contributed by atoms with Crippen molar-refractivity contribution >= 4 is 38.5 Å². The summed E-state index contributed by atoms with van der Waals surface area (Å²) >= 11 is 1.48. The highest BCUT2D eigenvalue weighted by Gasteiger charge is 2.33. The minimum Gasteiger partial charge on any atom is -0.444 e. The second-order valence-corrected chi connectivity index (χ2v) is 13.2. The molecule has 4 heterocycles. The molecule has 216 valence electrons. The summed E-state index contributed by atoms with van der Waals surface area (Å²) in [4.78, 5) is 35.0. The number of thiazole rings is 1. The van der Waals surface area contributed by atoms with Crippen molar-refractivity contribution in [1.82, 2.24) is 24.5 Å². The lowest BCUT2D eigenvalue weighted by molar-refractivity contribution is 0.0224. The van der Waals surface area contributed by atoms with E-state index in [2.05, 4.69) is 17.3 Å². The van der Waals surface area contributed by atoms with Crippen molar-refractivity contribution in [3.8, 4) is 11.3 Å². The Kier molecular flexibility index (Phi) is 7.23. The Morgan fingerprint density at radius 1 is 1.10 bits per heavy atom. The molecular formula is C31H36FN5O3S. The number of likely N-dealkylation sites (tertiary alicyclic amines) is 2. The van der Waals surface area contributed by atoms with Crippen LogP contribution in [0.5, 0.6) is 0 Å². The van der Waals surface area contributed by atoms with Gasteiger partial charge in [-0.05, 0) is 95.9 Å². The summed E-state index contributed by atoms with van der Waals surface area (Å²) in [5.74, 6) is -0.436. The Morgan fingerprint density at radius 3 is 2.66 bits per heavy atom. The van der Waals surface area contributed by atoms with Gasteiger partial charge in [0.2, 0.25) is 0 Å². The molecule has 2 aromatic carbocycles. The fourth-order valence-electron chi connectivity index (χ4n) is 5.92. The minimum absolute atomic E-state index is 0.0615. The van der Waals surface area contributed by atoms with Crippen molar-refractivity contribution in [3.63, 3.8) is 0 Å². The van der Waals surface area contributed by atoms with Crippen molar-refractivity contribution in [1.29, 1.82) is 0 Å². The van der Waals surface area contributed by atoms with Gasteiger partial charge in [-0.2, -0.15) is 0 Å². The topological polar surface area (TPSA) is 79.2 Å². The van der Waals surface area contributed by atoms with Gasteiger partial charge >= 0.3 is 6.09 Å². The number of imidazole rings is 1. The molecule has 0 aliphatic carbocycles. The molecule has 2 atom stereocenters. The number of rotatable bonds is 4. The number of likely N-dealkylation sites (N-methyl/N-ethyl adjacent to an activating group) is 1. The van der Waals surface area contributed by atoms with E-state index in [9.17, 15) is 9.59 Å². The molecule has 10 heteroatoms. The Balaban J connectivity index is 1.21. The Bertz CT molecular complexity index is 1620. The summed E-state index contributed by atoms with van der Waals surface area (Å²) in [5.41, 5.74) is 2.68. The number of hydrogen-bond acceptors (Lipinski definition) is 6. The highest BCUT2D eigenvalue weighted by atomic mass is 32.1. The number of benzene rings is 2. The first-order valence-electron chi connectivity index (χ1n) is 14.3. The molecular weight excluding hydrogens is 541 g/mol. The third-order valence-electron chi connectivity index (χ3n) is 7.85. The number of ether oxygens (including phenoxy) is 1. The lowest BCUT2D eigenvalue weighted by atomic mass is 10.0. The Labute approximate surface area is 243 Å². The molecule has 1 unspecified atom stereocenters. The largest absolute Gasteiger partial charge is 0.444 e. The molecule has 2 amide bonds. The van der Waals surface area contributed by atoms with E-state index in [-0.39, 0.29) is 29.9 Å². The van der Waals surface area contributed by atoms with E-state index in [4.69, 9.17) is 9.72 Å². The number of nitrogens with one attached hydrogen (secondary N) is 1. The van der Waals surface area contributed by atoms with E-state index in [0.29, 0.717) is 23.4 Å². The van der Waals surface area contributed by atoms with E-state index in [1.54, 1.807) is 11.0 Å². The predicted octanol–water partition coefficient (Wildman–Crippen LogP) is 6.25. The summed E-state index contributed by atoms with van der Waals surface area (Å²) in [6, 6.07) is 10.8. The van der Waals surface area contributed by atoms with Crippen LogP contribution in [0.15, 0.2) is 42.6 Å². The highest BCUT2D eigenvalue weighted by Crippen LogP contribution is 2.36. The van der Waals surface area contributed by atoms with Crippen LogP contribution in [0.25, 0.3) is 26.4 Å². The fraction of sp³-hybridized carbons (Fsp3) is 0.452. The number of carbonyl (C=O) groups excluding carboxylic acids is 2. The molecule has 0 saturated carbocycles. The maximum absolute atomic E-state index is 15.5. The van der Waals surface area contributed by atoms with Crippen molar-refractivity contribution in [2.75, 3.05) is 26.7 Å². The van der Waals surface area contributed by atoms with Crippen molar-refractivity contribution < 1.29 is 18.7 Å². The van der Waals surface area contributed by atoms with Gasteiger partial charge < -0.3 is 19.9 Å². The molecule has 0 spiro atoms. The second kappa shape index (κ2) is 10.7. The first-order chi connectivity index (χ1) is 19.6. The maximum atomic E-state index is 15.5. The molecule has 41 heavy (non-hydrogen) atoms. The summed E-state index contributed by atoms with van der Waals surface area (Å²) in [5, 5.41) is 3.17. The lowest BCUT2D eigenvalue weighted by Gasteiger charge is -2.30. The highest BCUT2D eigenvalue weighted by molar-refractivity contribution is 7.23. The molecule has 0 radical (unpaired) electrons. The van der Waals surface area contributed by atoms with Crippen LogP contribution in [0.4, 0.5) is 9.18 Å². The zero-order chi connectivity index (χ0) is 28.9. The van der Waals surface area contributed by atoms with E-state index in [1.807, 2.05) is 55.6 Å². The fourth-order valence-corrected chi connectivity index (χ4v) is 6.97. The number of carbonyl (C=O) groups is 2. The Hall–Kier alpha value is -3.50.